The van der Waals surface area contributed by atoms with E-state index in [0.29, 0.717) is 0 Å². The van der Waals surface area contributed by atoms with Gasteiger partial charge in [-0.05, 0) is 32.0 Å². The Bertz CT molecular complexity index is 702. The Balaban J connectivity index is 2.51. The third-order valence-corrected chi connectivity index (χ3v) is 3.24. The smallest absolute Gasteiger partial charge is 0.132 e. The second-order valence-corrected chi connectivity index (χ2v) is 5.20. The van der Waals surface area contributed by atoms with Gasteiger partial charge in [-0.2, -0.15) is 0 Å². The predicted molar refractivity (Wildman–Crippen MR) is 70.9 cm³/mol. The SMILES string of the molecule is CC(C)n1nnc2cnc3ccc(Br)cc3c21. The molecular weight excluding hydrogens is 280 g/mol. The topological polar surface area (TPSA) is 43.6 Å². The highest BCUT2D eigenvalue weighted by molar-refractivity contribution is 9.10. The molecule has 0 amide bonds. The van der Waals surface area contributed by atoms with Gasteiger partial charge in [-0.15, -0.1) is 5.10 Å². The highest BCUT2D eigenvalue weighted by Crippen LogP contribution is 2.26. The summed E-state index contributed by atoms with van der Waals surface area (Å²) in [7, 11) is 0. The standard InChI is InChI=1S/C12H11BrN4/c1-7(2)17-12-9-5-8(13)3-4-10(9)14-6-11(12)15-16-17/h3-7H,1-2H3. The van der Waals surface area contributed by atoms with Gasteiger partial charge >= 0.3 is 0 Å². The summed E-state index contributed by atoms with van der Waals surface area (Å²) in [5.74, 6) is 0. The van der Waals surface area contributed by atoms with Gasteiger partial charge in [0.15, 0.2) is 0 Å². The molecule has 0 atom stereocenters. The van der Waals surface area contributed by atoms with Crippen molar-refractivity contribution in [2.75, 3.05) is 0 Å². The van der Waals surface area contributed by atoms with Crippen LogP contribution in [0.25, 0.3) is 21.9 Å². The molecule has 1 aromatic carbocycles. The number of benzene rings is 1. The van der Waals surface area contributed by atoms with E-state index in [-0.39, 0.29) is 6.04 Å². The molecule has 5 heteroatoms. The summed E-state index contributed by atoms with van der Waals surface area (Å²) in [6, 6.07) is 6.33. The zero-order valence-corrected chi connectivity index (χ0v) is 11.1. The second kappa shape index (κ2) is 3.77. The third kappa shape index (κ3) is 1.61. The molecule has 3 aromatic rings. The number of hydrogen-bond donors (Lipinski definition) is 0. The lowest BCUT2D eigenvalue weighted by Gasteiger charge is -2.07. The molecule has 17 heavy (non-hydrogen) atoms. The first-order valence-electron chi connectivity index (χ1n) is 5.46. The van der Waals surface area contributed by atoms with E-state index in [0.717, 1.165) is 26.4 Å². The van der Waals surface area contributed by atoms with Crippen LogP contribution in [-0.2, 0) is 0 Å². The van der Waals surface area contributed by atoms with Gasteiger partial charge in [0.2, 0.25) is 0 Å². The second-order valence-electron chi connectivity index (χ2n) is 4.28. The van der Waals surface area contributed by atoms with Gasteiger partial charge in [-0.25, -0.2) is 4.68 Å². The van der Waals surface area contributed by atoms with Crippen molar-refractivity contribution in [2.24, 2.45) is 0 Å². The van der Waals surface area contributed by atoms with Crippen LogP contribution in [0.4, 0.5) is 0 Å². The molecule has 0 fully saturated rings. The van der Waals surface area contributed by atoms with Crippen LogP contribution >= 0.6 is 15.9 Å². The van der Waals surface area contributed by atoms with Crippen molar-refractivity contribution >= 4 is 37.9 Å². The first-order chi connectivity index (χ1) is 8.16. The number of pyridine rings is 1. The Kier molecular flexibility index (Phi) is 2.36. The third-order valence-electron chi connectivity index (χ3n) is 2.75. The van der Waals surface area contributed by atoms with Crippen LogP contribution in [-0.4, -0.2) is 20.0 Å². The number of fused-ring (bicyclic) bond motifs is 3. The van der Waals surface area contributed by atoms with E-state index in [1.54, 1.807) is 6.20 Å². The highest BCUT2D eigenvalue weighted by atomic mass is 79.9. The quantitative estimate of drug-likeness (QED) is 0.690. The fourth-order valence-corrected chi connectivity index (χ4v) is 2.32. The lowest BCUT2D eigenvalue weighted by Crippen LogP contribution is -2.03. The Morgan fingerprint density at radius 3 is 2.82 bits per heavy atom. The number of nitrogens with zero attached hydrogens (tertiary/aromatic N) is 4. The summed E-state index contributed by atoms with van der Waals surface area (Å²) < 4.78 is 2.97. The number of rotatable bonds is 1. The van der Waals surface area contributed by atoms with Crippen LogP contribution in [0.2, 0.25) is 0 Å². The van der Waals surface area contributed by atoms with Crippen molar-refractivity contribution in [1.29, 1.82) is 0 Å². The van der Waals surface area contributed by atoms with E-state index < -0.39 is 0 Å². The van der Waals surface area contributed by atoms with Gasteiger partial charge in [0.1, 0.15) is 11.0 Å². The average Bonchev–Trinajstić information content (AvgIpc) is 2.73. The lowest BCUT2D eigenvalue weighted by atomic mass is 10.2. The molecule has 0 aliphatic heterocycles. The fraction of sp³-hybridized carbons (Fsp3) is 0.250. The molecule has 4 nitrogen and oxygen atoms in total. The van der Waals surface area contributed by atoms with E-state index >= 15 is 0 Å². The molecule has 0 saturated carbocycles. The van der Waals surface area contributed by atoms with Gasteiger partial charge in [-0.3, -0.25) is 4.98 Å². The minimum atomic E-state index is 0.282. The molecule has 3 rings (SSSR count). The maximum atomic E-state index is 4.39. The normalized spacial score (nSPS) is 11.8. The molecular formula is C12H11BrN4. The Morgan fingerprint density at radius 1 is 1.24 bits per heavy atom. The van der Waals surface area contributed by atoms with Crippen molar-refractivity contribution in [2.45, 2.75) is 19.9 Å². The van der Waals surface area contributed by atoms with E-state index in [1.807, 2.05) is 16.8 Å². The molecule has 86 valence electrons. The molecule has 0 aliphatic rings. The van der Waals surface area contributed by atoms with Gasteiger partial charge in [-0.1, -0.05) is 21.1 Å². The average molecular weight is 291 g/mol. The molecule has 0 saturated heterocycles. The fourth-order valence-electron chi connectivity index (χ4n) is 1.96. The predicted octanol–water partition coefficient (Wildman–Crippen LogP) is 3.32. The number of aromatic nitrogens is 4. The molecule has 0 aliphatic carbocycles. The van der Waals surface area contributed by atoms with Gasteiger partial charge in [0.05, 0.1) is 11.7 Å². The molecule has 2 aromatic heterocycles. The van der Waals surface area contributed by atoms with Crippen LogP contribution in [0.15, 0.2) is 28.9 Å². The van der Waals surface area contributed by atoms with E-state index in [4.69, 9.17) is 0 Å². The molecule has 0 N–H and O–H groups in total. The summed E-state index contributed by atoms with van der Waals surface area (Å²) in [5, 5.41) is 9.42. The summed E-state index contributed by atoms with van der Waals surface area (Å²) >= 11 is 3.49. The van der Waals surface area contributed by atoms with Gasteiger partial charge in [0.25, 0.3) is 0 Å². The van der Waals surface area contributed by atoms with Crippen molar-refractivity contribution in [3.8, 4) is 0 Å². The number of halogens is 1. The summed E-state index contributed by atoms with van der Waals surface area (Å²) in [4.78, 5) is 4.39. The molecule has 0 radical (unpaired) electrons. The molecule has 0 bridgehead atoms. The van der Waals surface area contributed by atoms with E-state index in [2.05, 4.69) is 51.1 Å². The molecule has 0 spiro atoms. The minimum absolute atomic E-state index is 0.282. The van der Waals surface area contributed by atoms with Crippen molar-refractivity contribution in [3.63, 3.8) is 0 Å². The van der Waals surface area contributed by atoms with E-state index in [1.165, 1.54) is 0 Å². The summed E-state index contributed by atoms with van der Waals surface area (Å²) in [6.45, 7) is 4.19. The van der Waals surface area contributed by atoms with E-state index in [9.17, 15) is 0 Å². The Morgan fingerprint density at radius 2 is 2.06 bits per heavy atom. The van der Waals surface area contributed by atoms with Crippen LogP contribution < -0.4 is 0 Å². The monoisotopic (exact) mass is 290 g/mol. The summed E-state index contributed by atoms with van der Waals surface area (Å²) in [5.41, 5.74) is 2.85. The van der Waals surface area contributed by atoms with Crippen molar-refractivity contribution in [3.05, 3.63) is 28.9 Å². The number of hydrogen-bond acceptors (Lipinski definition) is 3. The van der Waals surface area contributed by atoms with Crippen LogP contribution in [0.3, 0.4) is 0 Å². The Hall–Kier alpha value is -1.49. The largest absolute Gasteiger partial charge is 0.254 e. The summed E-state index contributed by atoms with van der Waals surface area (Å²) in [6.07, 6.45) is 1.78. The maximum absolute atomic E-state index is 4.39. The molecule has 2 heterocycles. The maximum Gasteiger partial charge on any atom is 0.132 e. The van der Waals surface area contributed by atoms with Crippen molar-refractivity contribution < 1.29 is 0 Å². The zero-order valence-electron chi connectivity index (χ0n) is 9.55. The lowest BCUT2D eigenvalue weighted by molar-refractivity contribution is 0.531. The minimum Gasteiger partial charge on any atom is -0.254 e. The van der Waals surface area contributed by atoms with Crippen LogP contribution in [0.5, 0.6) is 0 Å². The van der Waals surface area contributed by atoms with Crippen molar-refractivity contribution in [1.82, 2.24) is 20.0 Å². The van der Waals surface area contributed by atoms with Crippen LogP contribution in [0, 0.1) is 0 Å². The Labute approximate surface area is 107 Å². The molecule has 0 unspecified atom stereocenters. The first kappa shape index (κ1) is 10.7. The van der Waals surface area contributed by atoms with Gasteiger partial charge < -0.3 is 0 Å². The highest BCUT2D eigenvalue weighted by Gasteiger charge is 2.11. The first-order valence-corrected chi connectivity index (χ1v) is 6.25. The zero-order chi connectivity index (χ0) is 12.0. The van der Waals surface area contributed by atoms with Crippen LogP contribution in [0.1, 0.15) is 19.9 Å². The van der Waals surface area contributed by atoms with Gasteiger partial charge in [0, 0.05) is 15.9 Å².